The van der Waals surface area contributed by atoms with Crippen molar-refractivity contribution < 1.29 is 9.90 Å². The average Bonchev–Trinajstić information content (AvgIpc) is 3.11. The number of amides is 1. The molecule has 100 valence electrons. The van der Waals surface area contributed by atoms with Gasteiger partial charge in [0.15, 0.2) is 0 Å². The first-order valence-electron chi connectivity index (χ1n) is 6.85. The number of aliphatic hydroxyl groups is 1. The van der Waals surface area contributed by atoms with Crippen molar-refractivity contribution in [2.75, 3.05) is 32.8 Å². The molecule has 0 aromatic rings. The normalized spacial score (nSPS) is 15.3. The maximum Gasteiger partial charge on any atom is 0.236 e. The van der Waals surface area contributed by atoms with Crippen molar-refractivity contribution in [1.82, 2.24) is 9.80 Å². The van der Waals surface area contributed by atoms with Crippen LogP contribution in [-0.4, -0.2) is 59.6 Å². The highest BCUT2D eigenvalue weighted by Crippen LogP contribution is 2.26. The molecule has 0 aliphatic heterocycles. The molecule has 1 N–H and O–H groups in total. The Bertz CT molecular complexity index is 229. The summed E-state index contributed by atoms with van der Waals surface area (Å²) in [6.07, 6.45) is 4.53. The summed E-state index contributed by atoms with van der Waals surface area (Å²) in [5, 5.41) is 9.00. The van der Waals surface area contributed by atoms with Gasteiger partial charge >= 0.3 is 0 Å². The zero-order chi connectivity index (χ0) is 12.7. The van der Waals surface area contributed by atoms with E-state index in [4.69, 9.17) is 5.11 Å². The zero-order valence-corrected chi connectivity index (χ0v) is 11.2. The molecule has 17 heavy (non-hydrogen) atoms. The Hall–Kier alpha value is -0.610. The van der Waals surface area contributed by atoms with E-state index in [0.717, 1.165) is 38.8 Å². The molecule has 0 atom stereocenters. The molecule has 0 saturated heterocycles. The highest BCUT2D eigenvalue weighted by atomic mass is 16.3. The Balaban J connectivity index is 2.37. The third-order valence-electron chi connectivity index (χ3n) is 3.25. The number of carbonyl (C=O) groups excluding carboxylic acids is 1. The Labute approximate surface area is 105 Å². The van der Waals surface area contributed by atoms with Crippen LogP contribution in [0.3, 0.4) is 0 Å². The van der Waals surface area contributed by atoms with Gasteiger partial charge in [-0.3, -0.25) is 9.69 Å². The van der Waals surface area contributed by atoms with Crippen LogP contribution in [0.25, 0.3) is 0 Å². The molecule has 0 heterocycles. The Morgan fingerprint density at radius 3 is 2.47 bits per heavy atom. The smallest absolute Gasteiger partial charge is 0.236 e. The van der Waals surface area contributed by atoms with Crippen molar-refractivity contribution >= 4 is 5.91 Å². The van der Waals surface area contributed by atoms with Crippen LogP contribution in [0.15, 0.2) is 0 Å². The molecule has 1 aliphatic carbocycles. The van der Waals surface area contributed by atoms with Crippen LogP contribution >= 0.6 is 0 Å². The topological polar surface area (TPSA) is 43.8 Å². The molecule has 4 heteroatoms. The summed E-state index contributed by atoms with van der Waals surface area (Å²) in [6, 6.07) is 0.495. The van der Waals surface area contributed by atoms with Crippen molar-refractivity contribution in [3.8, 4) is 0 Å². The summed E-state index contributed by atoms with van der Waals surface area (Å²) in [5.74, 6) is 0.222. The van der Waals surface area contributed by atoms with Crippen LogP contribution in [-0.2, 0) is 4.79 Å². The van der Waals surface area contributed by atoms with Crippen molar-refractivity contribution in [3.05, 3.63) is 0 Å². The van der Waals surface area contributed by atoms with E-state index in [2.05, 4.69) is 11.8 Å². The van der Waals surface area contributed by atoms with Gasteiger partial charge in [0.1, 0.15) is 0 Å². The monoisotopic (exact) mass is 242 g/mol. The second-order valence-corrected chi connectivity index (χ2v) is 4.76. The minimum atomic E-state index is 0.131. The molecule has 1 fully saturated rings. The minimum absolute atomic E-state index is 0.131. The molecule has 4 nitrogen and oxygen atoms in total. The number of hydrogen-bond acceptors (Lipinski definition) is 3. The number of aliphatic hydroxyl groups excluding tert-OH is 1. The molecule has 1 rings (SSSR count). The van der Waals surface area contributed by atoms with Gasteiger partial charge in [0.2, 0.25) is 5.91 Å². The molecule has 1 saturated carbocycles. The first-order chi connectivity index (χ1) is 8.22. The van der Waals surface area contributed by atoms with Gasteiger partial charge in [-0.1, -0.05) is 13.3 Å². The predicted molar refractivity (Wildman–Crippen MR) is 68.8 cm³/mol. The molecule has 0 radical (unpaired) electrons. The summed E-state index contributed by atoms with van der Waals surface area (Å²) < 4.78 is 0. The van der Waals surface area contributed by atoms with Crippen molar-refractivity contribution in [2.45, 2.75) is 45.6 Å². The van der Waals surface area contributed by atoms with Gasteiger partial charge in [0.25, 0.3) is 0 Å². The van der Waals surface area contributed by atoms with Gasteiger partial charge in [0.05, 0.1) is 13.2 Å². The Kier molecular flexibility index (Phi) is 6.52. The van der Waals surface area contributed by atoms with Crippen LogP contribution in [0.5, 0.6) is 0 Å². The van der Waals surface area contributed by atoms with E-state index in [1.807, 2.05) is 11.8 Å². The van der Waals surface area contributed by atoms with E-state index in [-0.39, 0.29) is 12.5 Å². The first kappa shape index (κ1) is 14.5. The molecule has 0 aromatic carbocycles. The third kappa shape index (κ3) is 5.04. The molecule has 1 aliphatic rings. The number of hydrogen-bond donors (Lipinski definition) is 1. The predicted octanol–water partition coefficient (Wildman–Crippen LogP) is 1.09. The third-order valence-corrected chi connectivity index (χ3v) is 3.25. The van der Waals surface area contributed by atoms with E-state index < -0.39 is 0 Å². The van der Waals surface area contributed by atoms with Crippen LogP contribution in [0, 0.1) is 0 Å². The number of likely N-dealkylation sites (N-methyl/N-ethyl adjacent to an activating group) is 1. The summed E-state index contributed by atoms with van der Waals surface area (Å²) in [5.41, 5.74) is 0. The van der Waals surface area contributed by atoms with Crippen molar-refractivity contribution in [1.29, 1.82) is 0 Å². The molecular weight excluding hydrogens is 216 g/mol. The zero-order valence-electron chi connectivity index (χ0n) is 11.2. The first-order valence-corrected chi connectivity index (χ1v) is 6.85. The van der Waals surface area contributed by atoms with Gasteiger partial charge in [0, 0.05) is 19.1 Å². The van der Waals surface area contributed by atoms with Gasteiger partial charge in [-0.25, -0.2) is 0 Å². The van der Waals surface area contributed by atoms with E-state index in [0.29, 0.717) is 19.1 Å². The second-order valence-electron chi connectivity index (χ2n) is 4.76. The highest BCUT2D eigenvalue weighted by molar-refractivity contribution is 5.78. The molecule has 0 unspecified atom stereocenters. The minimum Gasteiger partial charge on any atom is -0.395 e. The fraction of sp³-hybridized carbons (Fsp3) is 0.923. The van der Waals surface area contributed by atoms with Crippen LogP contribution in [0.1, 0.15) is 39.5 Å². The SMILES string of the molecule is CCCCN(CCO)CC(=O)N(CC)C1CC1. The summed E-state index contributed by atoms with van der Waals surface area (Å²) >= 11 is 0. The summed E-state index contributed by atoms with van der Waals surface area (Å²) in [4.78, 5) is 16.2. The van der Waals surface area contributed by atoms with Gasteiger partial charge in [-0.15, -0.1) is 0 Å². The lowest BCUT2D eigenvalue weighted by molar-refractivity contribution is -0.132. The molecule has 0 spiro atoms. The standard InChI is InChI=1S/C13H26N2O2/c1-3-5-8-14(9-10-16)11-13(17)15(4-2)12-6-7-12/h12,16H,3-11H2,1-2H3. The van der Waals surface area contributed by atoms with Gasteiger partial charge < -0.3 is 10.0 Å². The van der Waals surface area contributed by atoms with Crippen molar-refractivity contribution in [2.24, 2.45) is 0 Å². The Morgan fingerprint density at radius 1 is 1.29 bits per heavy atom. The van der Waals surface area contributed by atoms with Gasteiger partial charge in [-0.05, 0) is 32.7 Å². The van der Waals surface area contributed by atoms with Gasteiger partial charge in [-0.2, -0.15) is 0 Å². The lowest BCUT2D eigenvalue weighted by Gasteiger charge is -2.26. The van der Waals surface area contributed by atoms with Crippen LogP contribution in [0.2, 0.25) is 0 Å². The van der Waals surface area contributed by atoms with E-state index in [1.165, 1.54) is 0 Å². The van der Waals surface area contributed by atoms with Crippen LogP contribution in [0.4, 0.5) is 0 Å². The largest absolute Gasteiger partial charge is 0.395 e. The van der Waals surface area contributed by atoms with Crippen molar-refractivity contribution in [3.63, 3.8) is 0 Å². The summed E-state index contributed by atoms with van der Waals surface area (Å²) in [7, 11) is 0. The lowest BCUT2D eigenvalue weighted by Crippen LogP contribution is -2.42. The quantitative estimate of drug-likeness (QED) is 0.658. The molecule has 1 amide bonds. The fourth-order valence-corrected chi connectivity index (χ4v) is 2.10. The maximum absolute atomic E-state index is 12.1. The van der Waals surface area contributed by atoms with E-state index in [1.54, 1.807) is 0 Å². The Morgan fingerprint density at radius 2 is 2.00 bits per heavy atom. The molecular formula is C13H26N2O2. The molecule has 0 bridgehead atoms. The number of unbranched alkanes of at least 4 members (excludes halogenated alkanes) is 1. The number of carbonyl (C=O) groups is 1. The second kappa shape index (κ2) is 7.67. The fourth-order valence-electron chi connectivity index (χ4n) is 2.10. The average molecular weight is 242 g/mol. The molecule has 0 aromatic heterocycles. The summed E-state index contributed by atoms with van der Waals surface area (Å²) in [6.45, 7) is 7.10. The van der Waals surface area contributed by atoms with Crippen LogP contribution < -0.4 is 0 Å². The highest BCUT2D eigenvalue weighted by Gasteiger charge is 2.31. The number of rotatable bonds is 9. The van der Waals surface area contributed by atoms with E-state index in [9.17, 15) is 4.79 Å². The van der Waals surface area contributed by atoms with E-state index >= 15 is 0 Å². The number of nitrogens with zero attached hydrogens (tertiary/aromatic N) is 2. The maximum atomic E-state index is 12.1. The lowest BCUT2D eigenvalue weighted by atomic mass is 10.3.